The van der Waals surface area contributed by atoms with Crippen molar-refractivity contribution < 1.29 is 5.11 Å². The standard InChI is InChI=1S/C25H25BClN5O/c26-20-14-29-32-24(12-22(30-25(20)32)19-8-2-3-9-21(19)27)28-13-17-6-5-11-31(15-17)16-18-7-1-4-10-23(18)33/h1-4,7-10,12,14,17,28,33H,5-6,11,13,15-16H2. The van der Waals surface area contributed by atoms with Gasteiger partial charge in [-0.1, -0.05) is 48.0 Å². The Labute approximate surface area is 199 Å². The number of nitrogens with zero attached hydrogens (tertiary/aromatic N) is 4. The molecule has 2 aromatic carbocycles. The average Bonchev–Trinajstić information content (AvgIpc) is 3.20. The number of anilines is 1. The number of nitrogens with one attached hydrogen (secondary N) is 1. The smallest absolute Gasteiger partial charge is 0.150 e. The summed E-state index contributed by atoms with van der Waals surface area (Å²) >= 11 is 6.43. The molecule has 2 radical (unpaired) electrons. The lowest BCUT2D eigenvalue weighted by Crippen LogP contribution is -2.37. The lowest BCUT2D eigenvalue weighted by atomic mass is 9.97. The first kappa shape index (κ1) is 21.8. The molecule has 1 fully saturated rings. The number of benzene rings is 2. The largest absolute Gasteiger partial charge is 0.508 e. The van der Waals surface area contributed by atoms with Gasteiger partial charge in [-0.3, -0.25) is 4.90 Å². The monoisotopic (exact) mass is 457 g/mol. The summed E-state index contributed by atoms with van der Waals surface area (Å²) < 4.78 is 1.75. The van der Waals surface area contributed by atoms with E-state index in [2.05, 4.69) is 15.3 Å². The van der Waals surface area contributed by atoms with Gasteiger partial charge in [0.05, 0.1) is 5.69 Å². The van der Waals surface area contributed by atoms with Crippen LogP contribution in [0, 0.1) is 5.92 Å². The van der Waals surface area contributed by atoms with Gasteiger partial charge in [0.1, 0.15) is 19.4 Å². The molecule has 0 spiro atoms. The zero-order valence-corrected chi connectivity index (χ0v) is 19.0. The Morgan fingerprint density at radius 1 is 1.15 bits per heavy atom. The van der Waals surface area contributed by atoms with Crippen LogP contribution in [-0.2, 0) is 6.54 Å². The summed E-state index contributed by atoms with van der Waals surface area (Å²) in [6.07, 6.45) is 3.90. The predicted molar refractivity (Wildman–Crippen MR) is 133 cm³/mol. The minimum absolute atomic E-state index is 0.361. The van der Waals surface area contributed by atoms with Crippen LogP contribution in [0.25, 0.3) is 16.9 Å². The molecule has 6 nitrogen and oxygen atoms in total. The Balaban J connectivity index is 1.34. The highest BCUT2D eigenvalue weighted by molar-refractivity contribution is 6.36. The highest BCUT2D eigenvalue weighted by Gasteiger charge is 2.21. The highest BCUT2D eigenvalue weighted by Crippen LogP contribution is 2.29. The van der Waals surface area contributed by atoms with Crippen molar-refractivity contribution in [2.45, 2.75) is 19.4 Å². The second kappa shape index (κ2) is 9.45. The third-order valence-electron chi connectivity index (χ3n) is 6.21. The number of phenols is 1. The molecule has 8 heteroatoms. The summed E-state index contributed by atoms with van der Waals surface area (Å²) in [4.78, 5) is 7.12. The zero-order valence-electron chi connectivity index (χ0n) is 18.3. The molecule has 1 aliphatic rings. The lowest BCUT2D eigenvalue weighted by Gasteiger charge is -2.33. The fraction of sp³-hybridized carbons (Fsp3) is 0.280. The van der Waals surface area contributed by atoms with Crippen molar-refractivity contribution in [3.63, 3.8) is 0 Å². The van der Waals surface area contributed by atoms with Crippen molar-refractivity contribution in [1.29, 1.82) is 0 Å². The SMILES string of the molecule is [B]c1cnn2c(NCC3CCCN(Cc4ccccc4O)C3)cc(-c3ccccc3Cl)nc12. The van der Waals surface area contributed by atoms with Gasteiger partial charge < -0.3 is 10.4 Å². The van der Waals surface area contributed by atoms with Gasteiger partial charge >= 0.3 is 0 Å². The molecule has 1 unspecified atom stereocenters. The van der Waals surface area contributed by atoms with Gasteiger partial charge in [0, 0.05) is 48.0 Å². The maximum atomic E-state index is 10.1. The third kappa shape index (κ3) is 4.70. The molecule has 1 aliphatic heterocycles. The van der Waals surface area contributed by atoms with Crippen molar-refractivity contribution in [3.05, 3.63) is 71.4 Å². The number of halogens is 1. The number of aromatic hydroxyl groups is 1. The number of phenolic OH excluding ortho intramolecular Hbond substituents is 1. The van der Waals surface area contributed by atoms with Crippen molar-refractivity contribution in [3.8, 4) is 17.0 Å². The van der Waals surface area contributed by atoms with Crippen LogP contribution in [0.5, 0.6) is 5.75 Å². The van der Waals surface area contributed by atoms with E-state index in [1.807, 2.05) is 48.5 Å². The molecule has 3 heterocycles. The molecule has 0 amide bonds. The molecule has 2 aromatic heterocycles. The number of rotatable bonds is 6. The van der Waals surface area contributed by atoms with E-state index in [0.717, 1.165) is 61.7 Å². The average molecular weight is 458 g/mol. The Kier molecular flexibility index (Phi) is 6.25. The molecule has 1 atom stereocenters. The Morgan fingerprint density at radius 3 is 2.82 bits per heavy atom. The van der Waals surface area contributed by atoms with Crippen molar-refractivity contribution in [2.24, 2.45) is 5.92 Å². The van der Waals surface area contributed by atoms with E-state index >= 15 is 0 Å². The second-order valence-corrected chi connectivity index (χ2v) is 9.00. The van der Waals surface area contributed by atoms with E-state index in [1.165, 1.54) is 0 Å². The predicted octanol–water partition coefficient (Wildman–Crippen LogP) is 3.87. The first-order chi connectivity index (χ1) is 16.1. The maximum Gasteiger partial charge on any atom is 0.150 e. The second-order valence-electron chi connectivity index (χ2n) is 8.59. The minimum Gasteiger partial charge on any atom is -0.508 e. The Hall–Kier alpha value is -3.03. The van der Waals surface area contributed by atoms with Crippen LogP contribution in [0.15, 0.2) is 60.8 Å². The molecule has 4 aromatic rings. The minimum atomic E-state index is 0.361. The summed E-state index contributed by atoms with van der Waals surface area (Å²) in [6, 6.07) is 17.2. The summed E-state index contributed by atoms with van der Waals surface area (Å²) in [5.41, 5.74) is 3.72. The Bertz CT molecular complexity index is 1280. The van der Waals surface area contributed by atoms with Crippen LogP contribution < -0.4 is 10.8 Å². The number of hydrogen-bond acceptors (Lipinski definition) is 5. The van der Waals surface area contributed by atoms with Gasteiger partial charge in [-0.25, -0.2) is 4.98 Å². The third-order valence-corrected chi connectivity index (χ3v) is 6.54. The van der Waals surface area contributed by atoms with Gasteiger partial charge in [-0.05, 0) is 42.9 Å². The molecular formula is C25H25BClN5O. The zero-order chi connectivity index (χ0) is 22.8. The van der Waals surface area contributed by atoms with Gasteiger partial charge in [0.15, 0.2) is 5.65 Å². The fourth-order valence-electron chi connectivity index (χ4n) is 4.51. The van der Waals surface area contributed by atoms with E-state index in [9.17, 15) is 5.11 Å². The van der Waals surface area contributed by atoms with Crippen molar-refractivity contribution in [1.82, 2.24) is 19.5 Å². The van der Waals surface area contributed by atoms with Crippen LogP contribution >= 0.6 is 11.6 Å². The summed E-state index contributed by atoms with van der Waals surface area (Å²) in [7, 11) is 6.14. The van der Waals surface area contributed by atoms with Gasteiger partial charge in [0.2, 0.25) is 0 Å². The first-order valence-electron chi connectivity index (χ1n) is 11.2. The number of aromatic nitrogens is 3. The quantitative estimate of drug-likeness (QED) is 0.430. The van der Waals surface area contributed by atoms with Gasteiger partial charge in [-0.2, -0.15) is 9.61 Å². The molecule has 5 rings (SSSR count). The lowest BCUT2D eigenvalue weighted by molar-refractivity contribution is 0.171. The summed E-state index contributed by atoms with van der Waals surface area (Å²) in [5, 5.41) is 18.8. The number of likely N-dealkylation sites (tertiary alicyclic amines) is 1. The molecule has 1 saturated heterocycles. The van der Waals surface area contributed by atoms with Crippen LogP contribution in [0.4, 0.5) is 5.82 Å². The van der Waals surface area contributed by atoms with Gasteiger partial charge in [0.25, 0.3) is 0 Å². The molecule has 166 valence electrons. The molecule has 2 N–H and O–H groups in total. The summed E-state index contributed by atoms with van der Waals surface area (Å²) in [5.74, 6) is 1.68. The van der Waals surface area contributed by atoms with E-state index in [1.54, 1.807) is 16.8 Å². The topological polar surface area (TPSA) is 65.7 Å². The van der Waals surface area contributed by atoms with E-state index < -0.39 is 0 Å². The van der Waals surface area contributed by atoms with E-state index in [-0.39, 0.29) is 0 Å². The normalized spacial score (nSPS) is 16.8. The number of para-hydroxylation sites is 1. The fourth-order valence-corrected chi connectivity index (χ4v) is 4.74. The summed E-state index contributed by atoms with van der Waals surface area (Å²) in [6.45, 7) is 3.57. The van der Waals surface area contributed by atoms with Crippen LogP contribution in [0.3, 0.4) is 0 Å². The van der Waals surface area contributed by atoms with Gasteiger partial charge in [-0.15, -0.1) is 0 Å². The van der Waals surface area contributed by atoms with Crippen LogP contribution in [0.2, 0.25) is 5.02 Å². The molecule has 0 saturated carbocycles. The number of hydrogen-bond donors (Lipinski definition) is 2. The molecular weight excluding hydrogens is 433 g/mol. The number of piperidine rings is 1. The Morgan fingerprint density at radius 2 is 1.97 bits per heavy atom. The maximum absolute atomic E-state index is 10.1. The van der Waals surface area contributed by atoms with Crippen LogP contribution in [0.1, 0.15) is 18.4 Å². The van der Waals surface area contributed by atoms with Crippen LogP contribution in [-0.4, -0.2) is 52.1 Å². The van der Waals surface area contributed by atoms with Crippen molar-refractivity contribution >= 4 is 36.4 Å². The molecule has 0 bridgehead atoms. The highest BCUT2D eigenvalue weighted by atomic mass is 35.5. The van der Waals surface area contributed by atoms with E-state index in [0.29, 0.717) is 27.8 Å². The van der Waals surface area contributed by atoms with Crippen molar-refractivity contribution in [2.75, 3.05) is 25.0 Å². The molecule has 33 heavy (non-hydrogen) atoms. The first-order valence-corrected chi connectivity index (χ1v) is 11.6. The van der Waals surface area contributed by atoms with E-state index in [4.69, 9.17) is 24.4 Å². The molecule has 0 aliphatic carbocycles. The number of fused-ring (bicyclic) bond motifs is 1.